The summed E-state index contributed by atoms with van der Waals surface area (Å²) in [5, 5.41) is 1.07. The second-order valence-corrected chi connectivity index (χ2v) is 11.4. The van der Waals surface area contributed by atoms with Crippen LogP contribution in [0.25, 0.3) is 22.2 Å². The molecule has 2 bridgehead atoms. The molecule has 4 aromatic rings. The van der Waals surface area contributed by atoms with Crippen LogP contribution in [0.3, 0.4) is 0 Å². The van der Waals surface area contributed by atoms with E-state index in [2.05, 4.69) is 26.7 Å². The first-order chi connectivity index (χ1) is 18.0. The van der Waals surface area contributed by atoms with Gasteiger partial charge in [-0.2, -0.15) is 0 Å². The maximum atomic E-state index is 13.8. The minimum Gasteiger partial charge on any atom is -0.469 e. The Morgan fingerprint density at radius 1 is 0.973 bits per heavy atom. The predicted molar refractivity (Wildman–Crippen MR) is 140 cm³/mol. The molecule has 186 valence electrons. The number of benzene rings is 1. The van der Waals surface area contributed by atoms with Crippen LogP contribution in [0.5, 0.6) is 0 Å². The van der Waals surface area contributed by atoms with Gasteiger partial charge in [0.05, 0.1) is 36.0 Å². The molecule has 1 aromatic carbocycles. The number of methoxy groups -OCH3 is 1. The summed E-state index contributed by atoms with van der Waals surface area (Å²) in [5.74, 6) is 0.138. The zero-order valence-electron chi connectivity index (χ0n) is 20.9. The number of hydrogen-bond donors (Lipinski definition) is 0. The highest BCUT2D eigenvalue weighted by molar-refractivity contribution is 6.07. The van der Waals surface area contributed by atoms with Crippen molar-refractivity contribution in [3.8, 4) is 11.3 Å². The zero-order chi connectivity index (χ0) is 25.3. The van der Waals surface area contributed by atoms with Gasteiger partial charge in [0.2, 0.25) is 0 Å². The molecule has 0 radical (unpaired) electrons. The van der Waals surface area contributed by atoms with Crippen LogP contribution < -0.4 is 0 Å². The number of ketones is 1. The standard InChI is InChI=1S/C31H29N3O3/c1-37-28(36)29-18-31(19-29,20-29)30(11-12-30)15-26(35)24-6-4-5-21-10-14-34(27(21)24)17-23-9-8-22(16-33-23)25-7-2-3-13-32-25/h2-10,13-14,16H,11-12,15,17-20H2,1H3. The Morgan fingerprint density at radius 3 is 2.49 bits per heavy atom. The van der Waals surface area contributed by atoms with Gasteiger partial charge in [-0.15, -0.1) is 0 Å². The summed E-state index contributed by atoms with van der Waals surface area (Å²) in [5.41, 5.74) is 4.52. The van der Waals surface area contributed by atoms with E-state index >= 15 is 0 Å². The molecule has 4 aliphatic rings. The highest BCUT2D eigenvalue weighted by Crippen LogP contribution is 2.85. The van der Waals surface area contributed by atoms with E-state index in [1.54, 1.807) is 6.20 Å². The molecule has 0 aliphatic heterocycles. The number of carbonyl (C=O) groups is 2. The summed E-state index contributed by atoms with van der Waals surface area (Å²) in [6.07, 6.45) is 11.1. The molecule has 6 heteroatoms. The Morgan fingerprint density at radius 2 is 1.81 bits per heavy atom. The third-order valence-corrected chi connectivity index (χ3v) is 9.33. The normalized spacial score (nSPS) is 24.7. The molecule has 0 N–H and O–H groups in total. The number of fused-ring (bicyclic) bond motifs is 1. The number of hydrogen-bond acceptors (Lipinski definition) is 5. The number of pyridine rings is 2. The second-order valence-electron chi connectivity index (χ2n) is 11.4. The van der Waals surface area contributed by atoms with E-state index in [0.717, 1.165) is 65.5 Å². The van der Waals surface area contributed by atoms with Crippen LogP contribution in [0.4, 0.5) is 0 Å². The maximum absolute atomic E-state index is 13.8. The lowest BCUT2D eigenvalue weighted by molar-refractivity contribution is -0.251. The molecule has 8 rings (SSSR count). The molecule has 4 fully saturated rings. The molecule has 37 heavy (non-hydrogen) atoms. The number of para-hydroxylation sites is 1. The Balaban J connectivity index is 1.12. The fourth-order valence-electron chi connectivity index (χ4n) is 7.23. The number of aromatic nitrogens is 3. The molecular weight excluding hydrogens is 462 g/mol. The molecule has 4 saturated carbocycles. The van der Waals surface area contributed by atoms with E-state index in [-0.39, 0.29) is 28.0 Å². The quantitative estimate of drug-likeness (QED) is 0.229. The van der Waals surface area contributed by atoms with Crippen molar-refractivity contribution in [2.45, 2.75) is 45.1 Å². The lowest BCUT2D eigenvalue weighted by Crippen LogP contribution is -2.69. The topological polar surface area (TPSA) is 74.1 Å². The van der Waals surface area contributed by atoms with Gasteiger partial charge in [0.1, 0.15) is 0 Å². The molecule has 0 unspecified atom stereocenters. The minimum absolute atomic E-state index is 0.0578. The summed E-state index contributed by atoms with van der Waals surface area (Å²) >= 11 is 0. The summed E-state index contributed by atoms with van der Waals surface area (Å²) in [4.78, 5) is 35.0. The Kier molecular flexibility index (Phi) is 4.75. The third kappa shape index (κ3) is 3.31. The van der Waals surface area contributed by atoms with Crippen molar-refractivity contribution in [2.75, 3.05) is 7.11 Å². The van der Waals surface area contributed by atoms with Crippen molar-refractivity contribution in [3.63, 3.8) is 0 Å². The zero-order valence-corrected chi connectivity index (χ0v) is 20.9. The van der Waals surface area contributed by atoms with Gasteiger partial charge in [-0.3, -0.25) is 19.6 Å². The number of carbonyl (C=O) groups excluding carboxylic acids is 2. The predicted octanol–water partition coefficient (Wildman–Crippen LogP) is 5.84. The monoisotopic (exact) mass is 491 g/mol. The van der Waals surface area contributed by atoms with E-state index in [0.29, 0.717) is 13.0 Å². The van der Waals surface area contributed by atoms with E-state index in [1.165, 1.54) is 7.11 Å². The Hall–Kier alpha value is -3.80. The molecule has 0 atom stereocenters. The van der Waals surface area contributed by atoms with Crippen LogP contribution >= 0.6 is 0 Å². The molecule has 6 nitrogen and oxygen atoms in total. The average molecular weight is 492 g/mol. The van der Waals surface area contributed by atoms with Crippen molar-refractivity contribution < 1.29 is 14.3 Å². The molecule has 0 saturated heterocycles. The highest BCUT2D eigenvalue weighted by Gasteiger charge is 2.80. The van der Waals surface area contributed by atoms with Gasteiger partial charge in [0.15, 0.2) is 5.78 Å². The molecule has 0 amide bonds. The number of Topliss-reactive ketones (excluding diaryl/α,β-unsaturated/α-hetero) is 1. The van der Waals surface area contributed by atoms with Crippen LogP contribution in [0, 0.1) is 16.2 Å². The second kappa shape index (κ2) is 7.85. The van der Waals surface area contributed by atoms with Gasteiger partial charge in [0.25, 0.3) is 0 Å². The van der Waals surface area contributed by atoms with Crippen LogP contribution in [0.2, 0.25) is 0 Å². The van der Waals surface area contributed by atoms with Crippen LogP contribution in [-0.2, 0) is 16.1 Å². The summed E-state index contributed by atoms with van der Waals surface area (Å²) < 4.78 is 7.17. The van der Waals surface area contributed by atoms with Crippen molar-refractivity contribution in [1.82, 2.24) is 14.5 Å². The van der Waals surface area contributed by atoms with Gasteiger partial charge in [-0.1, -0.05) is 18.2 Å². The van der Waals surface area contributed by atoms with Gasteiger partial charge in [-0.25, -0.2) is 0 Å². The fraction of sp³-hybridized carbons (Fsp3) is 0.355. The lowest BCUT2D eigenvalue weighted by atomic mass is 9.30. The first kappa shape index (κ1) is 22.4. The Labute approximate surface area is 215 Å². The first-order valence-electron chi connectivity index (χ1n) is 13.0. The summed E-state index contributed by atoms with van der Waals surface area (Å²) in [6.45, 7) is 0.590. The smallest absolute Gasteiger partial charge is 0.311 e. The lowest BCUT2D eigenvalue weighted by Gasteiger charge is -2.72. The van der Waals surface area contributed by atoms with Crippen LogP contribution in [0.15, 0.2) is 73.2 Å². The molecule has 3 heterocycles. The summed E-state index contributed by atoms with van der Waals surface area (Å²) in [7, 11) is 1.48. The SMILES string of the molecule is COC(=O)C12CC(C3(CC(=O)c4cccc5ccn(Cc6ccc(-c7ccccn7)cn6)c45)CC3)(C1)C2. The van der Waals surface area contributed by atoms with Gasteiger partial charge in [-0.05, 0) is 79.3 Å². The fourth-order valence-corrected chi connectivity index (χ4v) is 7.23. The van der Waals surface area contributed by atoms with Crippen molar-refractivity contribution in [1.29, 1.82) is 0 Å². The molecule has 0 spiro atoms. The van der Waals surface area contributed by atoms with Crippen LogP contribution in [-0.4, -0.2) is 33.4 Å². The van der Waals surface area contributed by atoms with Crippen molar-refractivity contribution >= 4 is 22.7 Å². The average Bonchev–Trinajstić information content (AvgIpc) is 3.53. The Bertz CT molecular complexity index is 1510. The van der Waals surface area contributed by atoms with E-state index in [9.17, 15) is 9.59 Å². The summed E-state index contributed by atoms with van der Waals surface area (Å²) in [6, 6.07) is 18.0. The highest BCUT2D eigenvalue weighted by atomic mass is 16.5. The first-order valence-corrected chi connectivity index (χ1v) is 13.0. The van der Waals surface area contributed by atoms with Gasteiger partial charge >= 0.3 is 5.97 Å². The van der Waals surface area contributed by atoms with Gasteiger partial charge in [0, 0.05) is 41.5 Å². The molecule has 3 aromatic heterocycles. The van der Waals surface area contributed by atoms with Gasteiger partial charge < -0.3 is 9.30 Å². The van der Waals surface area contributed by atoms with E-state index in [4.69, 9.17) is 4.74 Å². The number of rotatable bonds is 8. The number of esters is 1. The molecular formula is C31H29N3O3. The largest absolute Gasteiger partial charge is 0.469 e. The third-order valence-electron chi connectivity index (χ3n) is 9.33. The van der Waals surface area contributed by atoms with E-state index < -0.39 is 0 Å². The number of nitrogens with zero attached hydrogens (tertiary/aromatic N) is 3. The van der Waals surface area contributed by atoms with Crippen LogP contribution in [0.1, 0.15) is 54.6 Å². The maximum Gasteiger partial charge on any atom is 0.311 e. The van der Waals surface area contributed by atoms with Crippen molar-refractivity contribution in [2.24, 2.45) is 16.2 Å². The minimum atomic E-state index is -0.263. The molecule has 4 aliphatic carbocycles. The number of ether oxygens (including phenoxy) is 1. The van der Waals surface area contributed by atoms with E-state index in [1.807, 2.05) is 54.9 Å². The van der Waals surface area contributed by atoms with Crippen molar-refractivity contribution in [3.05, 3.63) is 84.4 Å².